The Morgan fingerprint density at radius 1 is 1.11 bits per heavy atom. The SMILES string of the molecule is COc1ccc(C2C(C(=O)C34CC5CC(CC(C5)C3)C4)C2(C#N)C#N)cc1Br. The van der Waals surface area contributed by atoms with Crippen molar-refractivity contribution in [3.63, 3.8) is 0 Å². The highest BCUT2D eigenvalue weighted by molar-refractivity contribution is 9.10. The first-order chi connectivity index (χ1) is 13.5. The van der Waals surface area contributed by atoms with E-state index in [-0.39, 0.29) is 17.1 Å². The first-order valence-corrected chi connectivity index (χ1v) is 11.0. The summed E-state index contributed by atoms with van der Waals surface area (Å²) >= 11 is 3.50. The van der Waals surface area contributed by atoms with Gasteiger partial charge in [-0.15, -0.1) is 0 Å². The van der Waals surface area contributed by atoms with Crippen LogP contribution in [0.3, 0.4) is 0 Å². The maximum atomic E-state index is 13.8. The van der Waals surface area contributed by atoms with Gasteiger partial charge in [0.15, 0.2) is 5.41 Å². The number of hydrogen-bond donors (Lipinski definition) is 0. The molecule has 0 amide bonds. The molecule has 5 aliphatic rings. The molecule has 0 spiro atoms. The summed E-state index contributed by atoms with van der Waals surface area (Å²) in [4.78, 5) is 13.8. The van der Waals surface area contributed by atoms with Gasteiger partial charge in [-0.3, -0.25) is 4.79 Å². The summed E-state index contributed by atoms with van der Waals surface area (Å²) in [5.41, 5.74) is -0.635. The summed E-state index contributed by atoms with van der Waals surface area (Å²) in [6, 6.07) is 10.1. The number of rotatable bonds is 4. The minimum absolute atomic E-state index is 0.201. The van der Waals surface area contributed by atoms with Gasteiger partial charge < -0.3 is 4.74 Å². The molecule has 4 nitrogen and oxygen atoms in total. The van der Waals surface area contributed by atoms with Crippen LogP contribution in [0.5, 0.6) is 5.75 Å². The minimum atomic E-state index is -1.23. The number of methoxy groups -OCH3 is 1. The number of nitriles is 2. The predicted molar refractivity (Wildman–Crippen MR) is 106 cm³/mol. The first-order valence-electron chi connectivity index (χ1n) is 10.2. The summed E-state index contributed by atoms with van der Waals surface area (Å²) in [5.74, 6) is 2.06. The van der Waals surface area contributed by atoms with Crippen LogP contribution < -0.4 is 4.74 Å². The lowest BCUT2D eigenvalue weighted by Crippen LogP contribution is -2.50. The molecular formula is C23H23BrN2O2. The third kappa shape index (κ3) is 2.35. The van der Waals surface area contributed by atoms with Crippen LogP contribution in [0.1, 0.15) is 50.0 Å². The van der Waals surface area contributed by atoms with E-state index in [9.17, 15) is 15.3 Å². The van der Waals surface area contributed by atoms with Crippen LogP contribution in [-0.4, -0.2) is 12.9 Å². The molecule has 144 valence electrons. The molecule has 5 fully saturated rings. The van der Waals surface area contributed by atoms with E-state index in [1.807, 2.05) is 18.2 Å². The number of ether oxygens (including phenoxy) is 1. The van der Waals surface area contributed by atoms with Gasteiger partial charge in [-0.05, 0) is 89.9 Å². The fourth-order valence-electron chi connectivity index (χ4n) is 7.12. The lowest BCUT2D eigenvalue weighted by molar-refractivity contribution is -0.145. The lowest BCUT2D eigenvalue weighted by atomic mass is 9.48. The Kier molecular flexibility index (Phi) is 3.95. The van der Waals surface area contributed by atoms with Gasteiger partial charge >= 0.3 is 0 Å². The number of hydrogen-bond acceptors (Lipinski definition) is 4. The maximum absolute atomic E-state index is 13.8. The van der Waals surface area contributed by atoms with E-state index < -0.39 is 11.3 Å². The third-order valence-electron chi connectivity index (χ3n) is 7.95. The highest BCUT2D eigenvalue weighted by Gasteiger charge is 2.73. The molecule has 1 aromatic carbocycles. The van der Waals surface area contributed by atoms with Crippen molar-refractivity contribution in [2.24, 2.45) is 34.5 Å². The zero-order valence-corrected chi connectivity index (χ0v) is 17.5. The number of benzene rings is 1. The topological polar surface area (TPSA) is 73.9 Å². The van der Waals surface area contributed by atoms with Gasteiger partial charge in [0.1, 0.15) is 11.5 Å². The Balaban J connectivity index is 1.50. The molecule has 28 heavy (non-hydrogen) atoms. The molecule has 0 saturated heterocycles. The van der Waals surface area contributed by atoms with Crippen molar-refractivity contribution in [1.82, 2.24) is 0 Å². The summed E-state index contributed by atoms with van der Waals surface area (Å²) in [5, 5.41) is 19.8. The number of ketones is 1. The van der Waals surface area contributed by atoms with Gasteiger partial charge in [-0.25, -0.2) is 0 Å². The molecule has 2 unspecified atom stereocenters. The van der Waals surface area contributed by atoms with E-state index >= 15 is 0 Å². The molecule has 1 aromatic rings. The minimum Gasteiger partial charge on any atom is -0.496 e. The lowest BCUT2D eigenvalue weighted by Gasteiger charge is -2.56. The van der Waals surface area contributed by atoms with Crippen LogP contribution in [0.15, 0.2) is 22.7 Å². The Labute approximate surface area is 174 Å². The summed E-state index contributed by atoms with van der Waals surface area (Å²) in [6.07, 6.45) is 6.73. The van der Waals surface area contributed by atoms with Crippen LogP contribution in [0, 0.1) is 57.2 Å². The highest BCUT2D eigenvalue weighted by atomic mass is 79.9. The van der Waals surface area contributed by atoms with Gasteiger partial charge in [0.2, 0.25) is 0 Å². The number of carbonyl (C=O) groups is 1. The standard InChI is InChI=1S/C23H23BrN2O2/c1-28-18-3-2-16(7-17(18)24)19-20(23(19,11-25)12-26)21(27)22-8-13-4-14(9-22)6-15(5-13)10-22/h2-3,7,13-15,19-20H,4-6,8-10H2,1H3. The number of halogens is 1. The van der Waals surface area contributed by atoms with E-state index in [1.165, 1.54) is 19.3 Å². The van der Waals surface area contributed by atoms with Crippen molar-refractivity contribution in [3.8, 4) is 17.9 Å². The van der Waals surface area contributed by atoms with Crippen molar-refractivity contribution >= 4 is 21.7 Å². The molecule has 5 heteroatoms. The first kappa shape index (κ1) is 18.2. The smallest absolute Gasteiger partial charge is 0.161 e. The van der Waals surface area contributed by atoms with Gasteiger partial charge in [0, 0.05) is 11.3 Å². The second-order valence-electron chi connectivity index (χ2n) is 9.50. The molecule has 0 heterocycles. The molecule has 0 N–H and O–H groups in total. The van der Waals surface area contributed by atoms with Crippen molar-refractivity contribution in [1.29, 1.82) is 10.5 Å². The van der Waals surface area contributed by atoms with Crippen molar-refractivity contribution in [2.75, 3.05) is 7.11 Å². The normalized spacial score (nSPS) is 39.1. The molecule has 5 saturated carbocycles. The summed E-state index contributed by atoms with van der Waals surface area (Å²) in [6.45, 7) is 0. The second kappa shape index (κ2) is 6.07. The van der Waals surface area contributed by atoms with E-state index in [0.717, 1.165) is 29.3 Å². The zero-order valence-electron chi connectivity index (χ0n) is 16.0. The van der Waals surface area contributed by atoms with E-state index in [0.29, 0.717) is 23.5 Å². The molecule has 0 aromatic heterocycles. The number of carbonyl (C=O) groups excluding carboxylic acids is 1. The average molecular weight is 439 g/mol. The largest absolute Gasteiger partial charge is 0.496 e. The predicted octanol–water partition coefficient (Wildman–Crippen LogP) is 4.99. The van der Waals surface area contributed by atoms with Crippen LogP contribution >= 0.6 is 15.9 Å². The quantitative estimate of drug-likeness (QED) is 0.663. The monoisotopic (exact) mass is 438 g/mol. The van der Waals surface area contributed by atoms with Gasteiger partial charge in [0.05, 0.1) is 29.6 Å². The van der Waals surface area contributed by atoms with E-state index in [2.05, 4.69) is 28.1 Å². The van der Waals surface area contributed by atoms with Crippen LogP contribution in [-0.2, 0) is 4.79 Å². The molecular weight excluding hydrogens is 416 g/mol. The summed E-state index contributed by atoms with van der Waals surface area (Å²) in [7, 11) is 1.60. The molecule has 0 aliphatic heterocycles. The fraction of sp³-hybridized carbons (Fsp3) is 0.609. The van der Waals surface area contributed by atoms with Crippen molar-refractivity contribution < 1.29 is 9.53 Å². The Bertz CT molecular complexity index is 892. The van der Waals surface area contributed by atoms with Crippen LogP contribution in [0.25, 0.3) is 0 Å². The second-order valence-corrected chi connectivity index (χ2v) is 10.4. The Morgan fingerprint density at radius 3 is 2.14 bits per heavy atom. The summed E-state index contributed by atoms with van der Waals surface area (Å²) < 4.78 is 6.08. The van der Waals surface area contributed by atoms with Crippen molar-refractivity contribution in [3.05, 3.63) is 28.2 Å². The van der Waals surface area contributed by atoms with Gasteiger partial charge in [-0.1, -0.05) is 6.07 Å². The highest BCUT2D eigenvalue weighted by Crippen LogP contribution is 2.70. The van der Waals surface area contributed by atoms with E-state index in [1.54, 1.807) is 7.11 Å². The van der Waals surface area contributed by atoms with Gasteiger partial charge in [-0.2, -0.15) is 10.5 Å². The Hall–Kier alpha value is -1.85. The number of Topliss-reactive ketones (excluding diaryl/α,β-unsaturated/α-hetero) is 1. The third-order valence-corrected chi connectivity index (χ3v) is 8.57. The zero-order chi connectivity index (χ0) is 19.7. The Morgan fingerprint density at radius 2 is 1.68 bits per heavy atom. The molecule has 6 rings (SSSR count). The van der Waals surface area contributed by atoms with Gasteiger partial charge in [0.25, 0.3) is 0 Å². The average Bonchev–Trinajstić information content (AvgIpc) is 3.35. The maximum Gasteiger partial charge on any atom is 0.161 e. The molecule has 5 aliphatic carbocycles. The molecule has 2 atom stereocenters. The molecule has 4 bridgehead atoms. The van der Waals surface area contributed by atoms with Crippen LogP contribution in [0.4, 0.5) is 0 Å². The number of nitrogens with zero attached hydrogens (tertiary/aromatic N) is 2. The molecule has 0 radical (unpaired) electrons. The fourth-order valence-corrected chi connectivity index (χ4v) is 7.68. The van der Waals surface area contributed by atoms with Crippen molar-refractivity contribution in [2.45, 2.75) is 44.4 Å². The van der Waals surface area contributed by atoms with E-state index in [4.69, 9.17) is 4.74 Å². The van der Waals surface area contributed by atoms with Crippen LogP contribution in [0.2, 0.25) is 0 Å².